The highest BCUT2D eigenvalue weighted by Crippen LogP contribution is 2.27. The maximum atomic E-state index is 8.74. The van der Waals surface area contributed by atoms with Crippen LogP contribution in [0.3, 0.4) is 0 Å². The number of aryl methyl sites for hydroxylation is 2. The Morgan fingerprint density at radius 1 is 1.15 bits per heavy atom. The van der Waals surface area contributed by atoms with Gasteiger partial charge in [-0.1, -0.05) is 6.07 Å². The third-order valence-electron chi connectivity index (χ3n) is 2.24. The largest absolute Gasteiger partial charge is 0.192 e. The van der Waals surface area contributed by atoms with Gasteiger partial charge in [-0.3, -0.25) is 0 Å². The van der Waals surface area contributed by atoms with E-state index < -0.39 is 0 Å². The van der Waals surface area contributed by atoms with Crippen LogP contribution in [-0.4, -0.2) is 0 Å². The molecule has 2 rings (SSSR count). The molecule has 0 saturated carbocycles. The van der Waals surface area contributed by atoms with Gasteiger partial charge in [0.25, 0.3) is 0 Å². The van der Waals surface area contributed by atoms with E-state index in [-0.39, 0.29) is 0 Å². The molecule has 0 bridgehead atoms. The standard InChI is InChI=1S/C11H9NS/c1-7-3-9-5-10(6-12)13-11(9)4-8(7)2/h3-5H,1-2H3. The molecule has 0 N–H and O–H groups in total. The fourth-order valence-corrected chi connectivity index (χ4v) is 2.30. The van der Waals surface area contributed by atoms with Crippen molar-refractivity contribution in [3.05, 3.63) is 34.2 Å². The van der Waals surface area contributed by atoms with Crippen molar-refractivity contribution < 1.29 is 0 Å². The summed E-state index contributed by atoms with van der Waals surface area (Å²) in [5, 5.41) is 9.92. The van der Waals surface area contributed by atoms with Gasteiger partial charge in [0.1, 0.15) is 10.9 Å². The van der Waals surface area contributed by atoms with Crippen molar-refractivity contribution in [2.75, 3.05) is 0 Å². The molecule has 1 nitrogen and oxygen atoms in total. The van der Waals surface area contributed by atoms with Crippen molar-refractivity contribution in [3.63, 3.8) is 0 Å². The number of hydrogen-bond acceptors (Lipinski definition) is 2. The molecule has 0 aliphatic carbocycles. The molecule has 0 atom stereocenters. The van der Waals surface area contributed by atoms with E-state index in [0.717, 1.165) is 4.88 Å². The van der Waals surface area contributed by atoms with Gasteiger partial charge in [0.15, 0.2) is 0 Å². The summed E-state index contributed by atoms with van der Waals surface area (Å²) in [5.74, 6) is 0. The van der Waals surface area contributed by atoms with E-state index in [1.165, 1.54) is 21.2 Å². The molecule has 2 aromatic rings. The van der Waals surface area contributed by atoms with Crippen LogP contribution in [0.15, 0.2) is 18.2 Å². The zero-order chi connectivity index (χ0) is 9.42. The number of rotatable bonds is 0. The first-order valence-corrected chi connectivity index (χ1v) is 4.93. The molecule has 64 valence electrons. The van der Waals surface area contributed by atoms with Crippen LogP contribution >= 0.6 is 11.3 Å². The molecule has 0 amide bonds. The van der Waals surface area contributed by atoms with Crippen molar-refractivity contribution in [2.24, 2.45) is 0 Å². The van der Waals surface area contributed by atoms with Crippen molar-refractivity contribution in [2.45, 2.75) is 13.8 Å². The first-order chi connectivity index (χ1) is 6.20. The van der Waals surface area contributed by atoms with Gasteiger partial charge in [-0.2, -0.15) is 5.26 Å². The minimum atomic E-state index is 0.792. The predicted molar refractivity (Wildman–Crippen MR) is 56.0 cm³/mol. The van der Waals surface area contributed by atoms with Crippen molar-refractivity contribution >= 4 is 21.4 Å². The predicted octanol–water partition coefficient (Wildman–Crippen LogP) is 3.39. The van der Waals surface area contributed by atoms with Crippen LogP contribution in [0.1, 0.15) is 16.0 Å². The zero-order valence-corrected chi connectivity index (χ0v) is 8.40. The summed E-state index contributed by atoms with van der Waals surface area (Å²) in [4.78, 5) is 0.792. The van der Waals surface area contributed by atoms with Crippen molar-refractivity contribution in [1.29, 1.82) is 5.26 Å². The quantitative estimate of drug-likeness (QED) is 0.620. The monoisotopic (exact) mass is 187 g/mol. The van der Waals surface area contributed by atoms with Gasteiger partial charge < -0.3 is 0 Å². The lowest BCUT2D eigenvalue weighted by molar-refractivity contribution is 1.37. The Labute approximate surface area is 81.2 Å². The maximum Gasteiger partial charge on any atom is 0.110 e. The summed E-state index contributed by atoms with van der Waals surface area (Å²) >= 11 is 1.56. The van der Waals surface area contributed by atoms with Crippen molar-refractivity contribution in [1.82, 2.24) is 0 Å². The fraction of sp³-hybridized carbons (Fsp3) is 0.182. The first-order valence-electron chi connectivity index (χ1n) is 4.11. The Kier molecular flexibility index (Phi) is 1.82. The van der Waals surface area contributed by atoms with Crippen LogP contribution in [0.5, 0.6) is 0 Å². The Balaban J connectivity index is 2.79. The lowest BCUT2D eigenvalue weighted by atomic mass is 10.1. The molecule has 13 heavy (non-hydrogen) atoms. The molecule has 0 aliphatic rings. The molecule has 0 saturated heterocycles. The number of fused-ring (bicyclic) bond motifs is 1. The minimum Gasteiger partial charge on any atom is -0.192 e. The Morgan fingerprint density at radius 2 is 1.85 bits per heavy atom. The highest BCUT2D eigenvalue weighted by molar-refractivity contribution is 7.19. The summed E-state index contributed by atoms with van der Waals surface area (Å²) in [5.41, 5.74) is 2.58. The Bertz CT molecular complexity index is 464. The smallest absolute Gasteiger partial charge is 0.110 e. The van der Waals surface area contributed by atoms with Crippen LogP contribution in [0.4, 0.5) is 0 Å². The van der Waals surface area contributed by atoms with E-state index in [2.05, 4.69) is 32.0 Å². The molecule has 1 heterocycles. The van der Waals surface area contributed by atoms with E-state index in [9.17, 15) is 0 Å². The fourth-order valence-electron chi connectivity index (χ4n) is 1.36. The average Bonchev–Trinajstić information content (AvgIpc) is 2.48. The topological polar surface area (TPSA) is 23.8 Å². The van der Waals surface area contributed by atoms with Gasteiger partial charge in [-0.05, 0) is 42.5 Å². The second-order valence-corrected chi connectivity index (χ2v) is 4.28. The van der Waals surface area contributed by atoms with E-state index in [1.54, 1.807) is 11.3 Å². The lowest BCUT2D eigenvalue weighted by Crippen LogP contribution is -1.77. The third-order valence-corrected chi connectivity index (χ3v) is 3.25. The number of thiophene rings is 1. The first kappa shape index (κ1) is 8.28. The number of hydrogen-bond donors (Lipinski definition) is 0. The normalized spacial score (nSPS) is 10.2. The molecular formula is C11H9NS. The van der Waals surface area contributed by atoms with Gasteiger partial charge in [0.2, 0.25) is 0 Å². The van der Waals surface area contributed by atoms with Crippen LogP contribution in [-0.2, 0) is 0 Å². The van der Waals surface area contributed by atoms with Crippen LogP contribution < -0.4 is 0 Å². The molecule has 0 unspecified atom stereocenters. The SMILES string of the molecule is Cc1cc2cc(C#N)sc2cc1C. The summed E-state index contributed by atoms with van der Waals surface area (Å²) in [6, 6.07) is 8.41. The average molecular weight is 187 g/mol. The summed E-state index contributed by atoms with van der Waals surface area (Å²) < 4.78 is 1.21. The molecule has 0 spiro atoms. The van der Waals surface area contributed by atoms with Crippen LogP contribution in [0.25, 0.3) is 10.1 Å². The van der Waals surface area contributed by atoms with Crippen LogP contribution in [0.2, 0.25) is 0 Å². The van der Waals surface area contributed by atoms with E-state index in [0.29, 0.717) is 0 Å². The molecular weight excluding hydrogens is 178 g/mol. The highest BCUT2D eigenvalue weighted by atomic mass is 32.1. The number of nitrogens with zero attached hydrogens (tertiary/aromatic N) is 1. The number of nitriles is 1. The summed E-state index contributed by atoms with van der Waals surface area (Å²) in [6.07, 6.45) is 0. The molecule has 0 aliphatic heterocycles. The second kappa shape index (κ2) is 2.86. The summed E-state index contributed by atoms with van der Waals surface area (Å²) in [7, 11) is 0. The zero-order valence-electron chi connectivity index (χ0n) is 7.59. The number of benzene rings is 1. The molecule has 2 heteroatoms. The highest BCUT2D eigenvalue weighted by Gasteiger charge is 2.02. The van der Waals surface area contributed by atoms with Gasteiger partial charge in [0.05, 0.1) is 0 Å². The van der Waals surface area contributed by atoms with Gasteiger partial charge in [-0.15, -0.1) is 11.3 Å². The maximum absolute atomic E-state index is 8.74. The summed E-state index contributed by atoms with van der Waals surface area (Å²) in [6.45, 7) is 4.19. The Hall–Kier alpha value is -1.33. The Morgan fingerprint density at radius 3 is 2.54 bits per heavy atom. The van der Waals surface area contributed by atoms with E-state index >= 15 is 0 Å². The molecule has 1 aromatic heterocycles. The minimum absolute atomic E-state index is 0.792. The van der Waals surface area contributed by atoms with E-state index in [1.807, 2.05) is 6.07 Å². The second-order valence-electron chi connectivity index (χ2n) is 3.20. The van der Waals surface area contributed by atoms with Crippen molar-refractivity contribution in [3.8, 4) is 6.07 Å². The van der Waals surface area contributed by atoms with Gasteiger partial charge in [-0.25, -0.2) is 0 Å². The van der Waals surface area contributed by atoms with Gasteiger partial charge in [0, 0.05) is 4.70 Å². The lowest BCUT2D eigenvalue weighted by Gasteiger charge is -1.97. The molecule has 0 fully saturated rings. The molecule has 1 aromatic carbocycles. The molecule has 0 radical (unpaired) electrons. The van der Waals surface area contributed by atoms with E-state index in [4.69, 9.17) is 5.26 Å². The van der Waals surface area contributed by atoms with Gasteiger partial charge >= 0.3 is 0 Å². The van der Waals surface area contributed by atoms with Crippen LogP contribution in [0, 0.1) is 25.2 Å². The third kappa shape index (κ3) is 1.32.